The van der Waals surface area contributed by atoms with Gasteiger partial charge >= 0.3 is 5.97 Å². The highest BCUT2D eigenvalue weighted by atomic mass is 16.7. The third kappa shape index (κ3) is 3.67. The molecule has 8 heteroatoms. The molecule has 3 atom stereocenters. The Bertz CT molecular complexity index is 1080. The van der Waals surface area contributed by atoms with Crippen molar-refractivity contribution in [2.24, 2.45) is 11.8 Å². The number of esters is 1. The SMILES string of the molecule is COc1cc2c(c(OC)c1OC)-c1c(cc3c(c1OC)OCO3)C[C@@H](C)[C@H](C)[C@H]2OC(C)=O. The van der Waals surface area contributed by atoms with E-state index in [1.54, 1.807) is 28.4 Å². The molecule has 2 aromatic rings. The molecule has 0 radical (unpaired) electrons. The van der Waals surface area contributed by atoms with Gasteiger partial charge in [0.25, 0.3) is 0 Å². The van der Waals surface area contributed by atoms with Crippen molar-refractivity contribution < 1.29 is 38.0 Å². The van der Waals surface area contributed by atoms with E-state index in [9.17, 15) is 4.79 Å². The van der Waals surface area contributed by atoms with E-state index in [4.69, 9.17) is 33.2 Å². The third-order valence-electron chi connectivity index (χ3n) is 6.53. The van der Waals surface area contributed by atoms with E-state index in [0.717, 1.165) is 16.7 Å². The van der Waals surface area contributed by atoms with Crippen molar-refractivity contribution in [1.82, 2.24) is 0 Å². The lowest BCUT2D eigenvalue weighted by Gasteiger charge is -2.35. The molecule has 8 nitrogen and oxygen atoms in total. The molecule has 0 bridgehead atoms. The molecule has 178 valence electrons. The van der Waals surface area contributed by atoms with E-state index in [2.05, 4.69) is 13.8 Å². The Morgan fingerprint density at radius 1 is 0.909 bits per heavy atom. The second-order valence-corrected chi connectivity index (χ2v) is 8.36. The first-order valence-corrected chi connectivity index (χ1v) is 10.9. The van der Waals surface area contributed by atoms with Crippen LogP contribution in [0.15, 0.2) is 12.1 Å². The fourth-order valence-electron chi connectivity index (χ4n) is 4.81. The number of fused-ring (bicyclic) bond motifs is 4. The van der Waals surface area contributed by atoms with Crippen LogP contribution < -0.4 is 28.4 Å². The molecule has 0 fully saturated rings. The van der Waals surface area contributed by atoms with Gasteiger partial charge in [0.15, 0.2) is 23.0 Å². The standard InChI is InChI=1S/C25H30O8/c1-12-8-15-9-18-23(32-11-31-18)24(29-6)19(15)20-16(21(13(12)2)33-14(3)26)10-17(27-4)22(28-5)25(20)30-7/h9-10,12-13,21H,8,11H2,1-7H3/t12-,13+,21-/m1/s1. The molecule has 33 heavy (non-hydrogen) atoms. The number of methoxy groups -OCH3 is 4. The van der Waals surface area contributed by atoms with E-state index < -0.39 is 6.10 Å². The molecule has 0 saturated carbocycles. The maximum absolute atomic E-state index is 12.2. The van der Waals surface area contributed by atoms with Gasteiger partial charge < -0.3 is 33.2 Å². The van der Waals surface area contributed by atoms with Crippen LogP contribution in [0.25, 0.3) is 11.1 Å². The third-order valence-corrected chi connectivity index (χ3v) is 6.53. The van der Waals surface area contributed by atoms with E-state index in [1.165, 1.54) is 6.92 Å². The van der Waals surface area contributed by atoms with Gasteiger partial charge in [-0.05, 0) is 30.0 Å². The van der Waals surface area contributed by atoms with Crippen molar-refractivity contribution in [2.75, 3.05) is 35.2 Å². The van der Waals surface area contributed by atoms with Crippen molar-refractivity contribution in [3.8, 4) is 45.6 Å². The minimum absolute atomic E-state index is 0.0000231. The van der Waals surface area contributed by atoms with Crippen LogP contribution >= 0.6 is 0 Å². The molecule has 0 amide bonds. The van der Waals surface area contributed by atoms with Crippen molar-refractivity contribution in [3.63, 3.8) is 0 Å². The van der Waals surface area contributed by atoms with Crippen LogP contribution in [0, 0.1) is 11.8 Å². The van der Waals surface area contributed by atoms with E-state index in [-0.39, 0.29) is 24.6 Å². The average Bonchev–Trinajstić information content (AvgIpc) is 3.27. The molecule has 1 aliphatic carbocycles. The van der Waals surface area contributed by atoms with Gasteiger partial charge in [0, 0.05) is 29.5 Å². The molecule has 2 aromatic carbocycles. The fraction of sp³-hybridized carbons (Fsp3) is 0.480. The maximum atomic E-state index is 12.2. The van der Waals surface area contributed by atoms with Crippen LogP contribution in [0.1, 0.15) is 38.0 Å². The summed E-state index contributed by atoms with van der Waals surface area (Å²) in [6, 6.07) is 3.85. The Balaban J connectivity index is 2.17. The first-order valence-electron chi connectivity index (χ1n) is 10.9. The second-order valence-electron chi connectivity index (χ2n) is 8.36. The summed E-state index contributed by atoms with van der Waals surface area (Å²) in [7, 11) is 6.29. The second kappa shape index (κ2) is 8.92. The number of carbonyl (C=O) groups excluding carboxylic acids is 1. The zero-order valence-electron chi connectivity index (χ0n) is 20.1. The van der Waals surface area contributed by atoms with E-state index >= 15 is 0 Å². The minimum atomic E-state index is -0.538. The average molecular weight is 459 g/mol. The van der Waals surface area contributed by atoms with Crippen LogP contribution in [0.5, 0.6) is 34.5 Å². The summed E-state index contributed by atoms with van der Waals surface area (Å²) in [5.74, 6) is 2.90. The Morgan fingerprint density at radius 2 is 1.61 bits per heavy atom. The Kier molecular flexibility index (Phi) is 6.19. The van der Waals surface area contributed by atoms with E-state index in [0.29, 0.717) is 46.5 Å². The van der Waals surface area contributed by atoms with Crippen LogP contribution in [0.4, 0.5) is 0 Å². The lowest BCUT2D eigenvalue weighted by Crippen LogP contribution is -2.26. The Hall–Kier alpha value is -3.29. The topological polar surface area (TPSA) is 81.7 Å². The van der Waals surface area contributed by atoms with Gasteiger partial charge in [0.2, 0.25) is 18.3 Å². The van der Waals surface area contributed by atoms with Crippen molar-refractivity contribution in [2.45, 2.75) is 33.3 Å². The zero-order valence-corrected chi connectivity index (χ0v) is 20.1. The van der Waals surface area contributed by atoms with Crippen LogP contribution in [0.3, 0.4) is 0 Å². The minimum Gasteiger partial charge on any atom is -0.493 e. The summed E-state index contributed by atoms with van der Waals surface area (Å²) in [5.41, 5.74) is 3.27. The number of benzene rings is 2. The molecule has 1 heterocycles. The van der Waals surface area contributed by atoms with Crippen LogP contribution in [0.2, 0.25) is 0 Å². The Morgan fingerprint density at radius 3 is 2.21 bits per heavy atom. The van der Waals surface area contributed by atoms with Gasteiger partial charge in [-0.15, -0.1) is 0 Å². The van der Waals surface area contributed by atoms with Crippen molar-refractivity contribution in [1.29, 1.82) is 0 Å². The number of hydrogen-bond acceptors (Lipinski definition) is 8. The number of ether oxygens (including phenoxy) is 7. The monoisotopic (exact) mass is 458 g/mol. The molecule has 0 spiro atoms. The molecule has 2 aliphatic rings. The number of rotatable bonds is 5. The van der Waals surface area contributed by atoms with Gasteiger partial charge in [0.1, 0.15) is 6.10 Å². The van der Waals surface area contributed by atoms with Crippen molar-refractivity contribution in [3.05, 3.63) is 23.3 Å². The first kappa shape index (κ1) is 22.9. The largest absolute Gasteiger partial charge is 0.493 e. The van der Waals surface area contributed by atoms with Crippen LogP contribution in [-0.4, -0.2) is 41.2 Å². The highest BCUT2D eigenvalue weighted by molar-refractivity contribution is 5.89. The van der Waals surface area contributed by atoms with Crippen molar-refractivity contribution >= 4 is 5.97 Å². The normalized spacial score (nSPS) is 20.6. The number of carbonyl (C=O) groups is 1. The van der Waals surface area contributed by atoms with Gasteiger partial charge in [-0.1, -0.05) is 13.8 Å². The molecule has 1 aliphatic heterocycles. The molecule has 0 aromatic heterocycles. The molecular weight excluding hydrogens is 428 g/mol. The van der Waals surface area contributed by atoms with Crippen LogP contribution in [-0.2, 0) is 16.0 Å². The van der Waals surface area contributed by atoms with Gasteiger partial charge in [-0.3, -0.25) is 4.79 Å². The molecule has 0 N–H and O–H groups in total. The highest BCUT2D eigenvalue weighted by Crippen LogP contribution is 2.58. The summed E-state index contributed by atoms with van der Waals surface area (Å²) in [6.45, 7) is 5.76. The zero-order chi connectivity index (χ0) is 23.9. The predicted molar refractivity (Wildman–Crippen MR) is 121 cm³/mol. The van der Waals surface area contributed by atoms with Gasteiger partial charge in [-0.25, -0.2) is 0 Å². The Labute approximate surface area is 193 Å². The molecule has 0 unspecified atom stereocenters. The lowest BCUT2D eigenvalue weighted by molar-refractivity contribution is -0.150. The number of hydrogen-bond donors (Lipinski definition) is 0. The predicted octanol–water partition coefficient (Wildman–Crippen LogP) is 4.55. The van der Waals surface area contributed by atoms with E-state index in [1.807, 2.05) is 12.1 Å². The smallest absolute Gasteiger partial charge is 0.303 e. The molecular formula is C25H30O8. The summed E-state index contributed by atoms with van der Waals surface area (Å²) in [6.07, 6.45) is 0.169. The summed E-state index contributed by atoms with van der Waals surface area (Å²) >= 11 is 0. The highest BCUT2D eigenvalue weighted by Gasteiger charge is 2.39. The molecule has 4 rings (SSSR count). The van der Waals surface area contributed by atoms with Gasteiger partial charge in [-0.2, -0.15) is 0 Å². The molecule has 0 saturated heterocycles. The summed E-state index contributed by atoms with van der Waals surface area (Å²) in [5, 5.41) is 0. The summed E-state index contributed by atoms with van der Waals surface area (Å²) < 4.78 is 40.4. The maximum Gasteiger partial charge on any atom is 0.303 e. The first-order chi connectivity index (χ1) is 15.9. The fourth-order valence-corrected chi connectivity index (χ4v) is 4.81. The summed E-state index contributed by atoms with van der Waals surface area (Å²) in [4.78, 5) is 12.2. The van der Waals surface area contributed by atoms with Gasteiger partial charge in [0.05, 0.1) is 28.4 Å². The lowest BCUT2D eigenvalue weighted by atomic mass is 9.76. The quantitative estimate of drug-likeness (QED) is 0.604.